The molecule has 1 aromatic heterocycles. The molecule has 1 N–H and O–H groups in total. The SMILES string of the molecule is Cc1ccc([C@@H](C)[C@H]2CC[C@@H](Cc3ccc(C(=O)O)cc3)N2C(=O)OC(C)(C)C)cn1. The second-order valence-corrected chi connectivity index (χ2v) is 9.41. The third-order valence-electron chi connectivity index (χ3n) is 5.86. The number of carbonyl (C=O) groups is 2. The molecule has 3 atom stereocenters. The van der Waals surface area contributed by atoms with Gasteiger partial charge in [-0.2, -0.15) is 0 Å². The van der Waals surface area contributed by atoms with Crippen molar-refractivity contribution >= 4 is 12.1 Å². The number of carboxylic acid groups (broad SMARTS) is 1. The van der Waals surface area contributed by atoms with Crippen LogP contribution in [0.2, 0.25) is 0 Å². The monoisotopic (exact) mass is 424 g/mol. The molecule has 1 saturated heterocycles. The number of aromatic carboxylic acids is 1. The summed E-state index contributed by atoms with van der Waals surface area (Å²) in [5, 5.41) is 9.13. The van der Waals surface area contributed by atoms with Gasteiger partial charge in [0.1, 0.15) is 5.60 Å². The predicted molar refractivity (Wildman–Crippen MR) is 119 cm³/mol. The van der Waals surface area contributed by atoms with Crippen LogP contribution in [0.4, 0.5) is 4.79 Å². The summed E-state index contributed by atoms with van der Waals surface area (Å²) in [5.74, 6) is -0.816. The maximum atomic E-state index is 13.2. The van der Waals surface area contributed by atoms with E-state index in [0.717, 1.165) is 29.7 Å². The molecule has 166 valence electrons. The van der Waals surface area contributed by atoms with Gasteiger partial charge in [-0.1, -0.05) is 25.1 Å². The maximum Gasteiger partial charge on any atom is 0.410 e. The van der Waals surface area contributed by atoms with Crippen LogP contribution in [0.25, 0.3) is 0 Å². The van der Waals surface area contributed by atoms with E-state index in [2.05, 4.69) is 18.0 Å². The maximum absolute atomic E-state index is 13.2. The van der Waals surface area contributed by atoms with E-state index in [1.807, 2.05) is 57.0 Å². The Morgan fingerprint density at radius 1 is 1.16 bits per heavy atom. The molecule has 1 aliphatic heterocycles. The Morgan fingerprint density at radius 2 is 1.84 bits per heavy atom. The molecule has 0 aliphatic carbocycles. The number of ether oxygens (including phenoxy) is 1. The van der Waals surface area contributed by atoms with Crippen LogP contribution in [0, 0.1) is 6.92 Å². The second kappa shape index (κ2) is 9.08. The zero-order valence-corrected chi connectivity index (χ0v) is 19.0. The molecule has 6 heteroatoms. The highest BCUT2D eigenvalue weighted by Gasteiger charge is 2.42. The van der Waals surface area contributed by atoms with Crippen LogP contribution in [0.3, 0.4) is 0 Å². The van der Waals surface area contributed by atoms with E-state index in [1.165, 1.54) is 0 Å². The summed E-state index contributed by atoms with van der Waals surface area (Å²) in [4.78, 5) is 30.7. The molecule has 1 aliphatic rings. The minimum Gasteiger partial charge on any atom is -0.478 e. The Hall–Kier alpha value is -2.89. The summed E-state index contributed by atoms with van der Waals surface area (Å²) in [6.45, 7) is 9.73. The molecule has 0 bridgehead atoms. The molecule has 2 aromatic rings. The topological polar surface area (TPSA) is 79.7 Å². The van der Waals surface area contributed by atoms with Crippen LogP contribution in [0.15, 0.2) is 42.6 Å². The van der Waals surface area contributed by atoms with E-state index < -0.39 is 11.6 Å². The van der Waals surface area contributed by atoms with Gasteiger partial charge in [0, 0.05) is 29.9 Å². The summed E-state index contributed by atoms with van der Waals surface area (Å²) >= 11 is 0. The minimum absolute atomic E-state index is 0.00335. The Labute approximate surface area is 184 Å². The third kappa shape index (κ3) is 5.63. The van der Waals surface area contributed by atoms with Crippen molar-refractivity contribution in [3.8, 4) is 0 Å². The summed E-state index contributed by atoms with van der Waals surface area (Å²) in [7, 11) is 0. The normalized spacial score (nSPS) is 19.8. The number of pyridine rings is 1. The van der Waals surface area contributed by atoms with Crippen molar-refractivity contribution in [1.82, 2.24) is 9.88 Å². The van der Waals surface area contributed by atoms with Crippen molar-refractivity contribution in [3.63, 3.8) is 0 Å². The van der Waals surface area contributed by atoms with Gasteiger partial charge in [0.2, 0.25) is 0 Å². The van der Waals surface area contributed by atoms with Gasteiger partial charge in [-0.05, 0) is 76.3 Å². The quantitative estimate of drug-likeness (QED) is 0.713. The fraction of sp³-hybridized carbons (Fsp3) is 0.480. The van der Waals surface area contributed by atoms with Crippen molar-refractivity contribution in [2.45, 2.75) is 77.5 Å². The Kier molecular flexibility index (Phi) is 6.68. The summed E-state index contributed by atoms with van der Waals surface area (Å²) in [6.07, 6.45) is 4.01. The zero-order valence-electron chi connectivity index (χ0n) is 19.0. The van der Waals surface area contributed by atoms with E-state index >= 15 is 0 Å². The largest absolute Gasteiger partial charge is 0.478 e. The van der Waals surface area contributed by atoms with E-state index in [-0.39, 0.29) is 29.7 Å². The summed E-state index contributed by atoms with van der Waals surface area (Å²) in [5.41, 5.74) is 2.77. The highest BCUT2D eigenvalue weighted by molar-refractivity contribution is 5.87. The lowest BCUT2D eigenvalue weighted by Gasteiger charge is -2.35. The molecule has 0 radical (unpaired) electrons. The van der Waals surface area contributed by atoms with Crippen molar-refractivity contribution in [1.29, 1.82) is 0 Å². The van der Waals surface area contributed by atoms with Gasteiger partial charge in [0.25, 0.3) is 0 Å². The lowest BCUT2D eigenvalue weighted by Crippen LogP contribution is -2.46. The van der Waals surface area contributed by atoms with E-state index in [0.29, 0.717) is 6.42 Å². The highest BCUT2D eigenvalue weighted by atomic mass is 16.6. The molecule has 2 heterocycles. The van der Waals surface area contributed by atoms with Gasteiger partial charge in [-0.3, -0.25) is 4.98 Å². The number of aromatic nitrogens is 1. The highest BCUT2D eigenvalue weighted by Crippen LogP contribution is 2.36. The van der Waals surface area contributed by atoms with Crippen molar-refractivity contribution in [3.05, 3.63) is 65.0 Å². The van der Waals surface area contributed by atoms with Gasteiger partial charge < -0.3 is 14.7 Å². The molecular formula is C25H32N2O4. The number of hydrogen-bond acceptors (Lipinski definition) is 4. The number of aryl methyl sites for hydroxylation is 1. The average molecular weight is 425 g/mol. The molecule has 6 nitrogen and oxygen atoms in total. The Morgan fingerprint density at radius 3 is 2.39 bits per heavy atom. The van der Waals surface area contributed by atoms with Crippen molar-refractivity contribution in [2.24, 2.45) is 0 Å². The number of benzene rings is 1. The first-order valence-corrected chi connectivity index (χ1v) is 10.8. The van der Waals surface area contributed by atoms with Gasteiger partial charge in [0.15, 0.2) is 0 Å². The first-order chi connectivity index (χ1) is 14.5. The van der Waals surface area contributed by atoms with Crippen molar-refractivity contribution < 1.29 is 19.4 Å². The minimum atomic E-state index is -0.941. The number of likely N-dealkylation sites (tertiary alicyclic amines) is 1. The Balaban J connectivity index is 1.84. The molecule has 3 rings (SSSR count). The second-order valence-electron chi connectivity index (χ2n) is 9.41. The van der Waals surface area contributed by atoms with Crippen LogP contribution in [0.1, 0.15) is 73.6 Å². The van der Waals surface area contributed by atoms with Crippen LogP contribution < -0.4 is 0 Å². The smallest absolute Gasteiger partial charge is 0.410 e. The molecule has 0 spiro atoms. The van der Waals surface area contributed by atoms with Gasteiger partial charge in [0.05, 0.1) is 5.56 Å². The van der Waals surface area contributed by atoms with E-state index in [4.69, 9.17) is 9.84 Å². The van der Waals surface area contributed by atoms with Gasteiger partial charge in [-0.15, -0.1) is 0 Å². The number of nitrogens with zero attached hydrogens (tertiary/aromatic N) is 2. The van der Waals surface area contributed by atoms with Crippen LogP contribution in [0.5, 0.6) is 0 Å². The summed E-state index contributed by atoms with van der Waals surface area (Å²) in [6, 6.07) is 11.0. The van der Waals surface area contributed by atoms with E-state index in [9.17, 15) is 9.59 Å². The molecule has 1 fully saturated rings. The zero-order chi connectivity index (χ0) is 22.8. The lowest BCUT2D eigenvalue weighted by atomic mass is 9.93. The summed E-state index contributed by atoms with van der Waals surface area (Å²) < 4.78 is 5.77. The number of hydrogen-bond donors (Lipinski definition) is 1. The van der Waals surface area contributed by atoms with Gasteiger partial charge in [-0.25, -0.2) is 9.59 Å². The molecule has 0 saturated carbocycles. The molecule has 1 amide bonds. The predicted octanol–water partition coefficient (Wildman–Crippen LogP) is 5.20. The third-order valence-corrected chi connectivity index (χ3v) is 5.86. The fourth-order valence-corrected chi connectivity index (χ4v) is 4.23. The molecule has 0 unspecified atom stereocenters. The Bertz CT molecular complexity index is 916. The fourth-order valence-electron chi connectivity index (χ4n) is 4.23. The number of carboxylic acids is 1. The number of carbonyl (C=O) groups excluding carboxylic acids is 1. The van der Waals surface area contributed by atoms with Crippen LogP contribution in [-0.4, -0.2) is 44.7 Å². The molecule has 1 aromatic carbocycles. The standard InChI is InChI=1S/C25H32N2O4/c1-16-6-9-20(15-26-16)17(2)22-13-12-21(27(22)24(30)31-25(3,4)5)14-18-7-10-19(11-8-18)23(28)29/h6-11,15,17,21-22H,12-14H2,1-5H3,(H,28,29)/t17-,21+,22-/m1/s1. The van der Waals surface area contributed by atoms with Crippen LogP contribution in [-0.2, 0) is 11.2 Å². The van der Waals surface area contributed by atoms with Crippen molar-refractivity contribution in [2.75, 3.05) is 0 Å². The number of amides is 1. The van der Waals surface area contributed by atoms with Crippen LogP contribution >= 0.6 is 0 Å². The lowest BCUT2D eigenvalue weighted by molar-refractivity contribution is 0.0126. The number of rotatable bonds is 5. The van der Waals surface area contributed by atoms with Gasteiger partial charge >= 0.3 is 12.1 Å². The van der Waals surface area contributed by atoms with E-state index in [1.54, 1.807) is 12.1 Å². The molecule has 31 heavy (non-hydrogen) atoms. The first-order valence-electron chi connectivity index (χ1n) is 10.8. The molecular weight excluding hydrogens is 392 g/mol. The average Bonchev–Trinajstić information content (AvgIpc) is 3.11. The first kappa shape index (κ1) is 22.8.